The fraction of sp³-hybridized carbons (Fsp3) is 0.500. The zero-order valence-electron chi connectivity index (χ0n) is 11.2. The van der Waals surface area contributed by atoms with E-state index in [0.29, 0.717) is 0 Å². The van der Waals surface area contributed by atoms with Crippen LogP contribution in [0.2, 0.25) is 5.02 Å². The van der Waals surface area contributed by atoms with Crippen LogP contribution in [0.3, 0.4) is 0 Å². The van der Waals surface area contributed by atoms with Gasteiger partial charge in [-0.2, -0.15) is 0 Å². The van der Waals surface area contributed by atoms with Crippen LogP contribution in [0, 0.1) is 17.8 Å². The van der Waals surface area contributed by atoms with Crippen molar-refractivity contribution >= 4 is 11.6 Å². The fourth-order valence-electron chi connectivity index (χ4n) is 3.41. The van der Waals surface area contributed by atoms with Crippen molar-refractivity contribution in [2.75, 3.05) is 13.7 Å². The Morgan fingerprint density at radius 2 is 2.21 bits per heavy atom. The zero-order chi connectivity index (χ0) is 13.2. The molecule has 0 aliphatic heterocycles. The standard InChI is InChI=1S/C16H20ClNO/c1-19-16-4-2-3-15(17)14(16)10-18-9-13-8-11-5-6-12(13)7-11/h2-6,11-13,18H,7-10H2,1H3. The Morgan fingerprint density at radius 3 is 2.89 bits per heavy atom. The van der Waals surface area contributed by atoms with E-state index in [-0.39, 0.29) is 0 Å². The molecule has 1 saturated carbocycles. The summed E-state index contributed by atoms with van der Waals surface area (Å²) >= 11 is 6.24. The highest BCUT2D eigenvalue weighted by Gasteiger charge is 2.34. The first-order valence-corrected chi connectivity index (χ1v) is 7.36. The Labute approximate surface area is 119 Å². The second-order valence-corrected chi connectivity index (χ2v) is 6.00. The predicted molar refractivity (Wildman–Crippen MR) is 78.6 cm³/mol. The summed E-state index contributed by atoms with van der Waals surface area (Å²) in [5, 5.41) is 4.32. The van der Waals surface area contributed by atoms with Gasteiger partial charge in [-0.05, 0) is 49.3 Å². The SMILES string of the molecule is COc1cccc(Cl)c1CNCC1CC2C=CC1C2. The molecule has 2 aliphatic carbocycles. The smallest absolute Gasteiger partial charge is 0.124 e. The maximum atomic E-state index is 6.24. The largest absolute Gasteiger partial charge is 0.496 e. The van der Waals surface area contributed by atoms with Gasteiger partial charge in [0.1, 0.15) is 5.75 Å². The van der Waals surface area contributed by atoms with E-state index in [9.17, 15) is 0 Å². The number of hydrogen-bond donors (Lipinski definition) is 1. The number of halogens is 1. The highest BCUT2D eigenvalue weighted by molar-refractivity contribution is 6.31. The topological polar surface area (TPSA) is 21.3 Å². The van der Waals surface area contributed by atoms with E-state index in [0.717, 1.165) is 47.2 Å². The molecule has 1 aromatic carbocycles. The van der Waals surface area contributed by atoms with Crippen LogP contribution in [0.1, 0.15) is 18.4 Å². The van der Waals surface area contributed by atoms with Gasteiger partial charge < -0.3 is 10.1 Å². The van der Waals surface area contributed by atoms with Crippen LogP contribution in [-0.4, -0.2) is 13.7 Å². The van der Waals surface area contributed by atoms with Crippen LogP contribution in [0.5, 0.6) is 5.75 Å². The Balaban J connectivity index is 1.57. The van der Waals surface area contributed by atoms with Gasteiger partial charge in [0.25, 0.3) is 0 Å². The molecule has 0 amide bonds. The lowest BCUT2D eigenvalue weighted by atomic mass is 9.93. The second kappa shape index (κ2) is 5.56. The van der Waals surface area contributed by atoms with Gasteiger partial charge in [0.15, 0.2) is 0 Å². The molecule has 2 nitrogen and oxygen atoms in total. The van der Waals surface area contributed by atoms with Crippen molar-refractivity contribution in [3.05, 3.63) is 40.9 Å². The van der Waals surface area contributed by atoms with Gasteiger partial charge in [0.2, 0.25) is 0 Å². The molecule has 19 heavy (non-hydrogen) atoms. The molecule has 0 aromatic heterocycles. The number of benzene rings is 1. The molecule has 2 bridgehead atoms. The van der Waals surface area contributed by atoms with Crippen molar-refractivity contribution in [3.8, 4) is 5.75 Å². The van der Waals surface area contributed by atoms with Crippen LogP contribution in [0.4, 0.5) is 0 Å². The van der Waals surface area contributed by atoms with Crippen molar-refractivity contribution in [2.45, 2.75) is 19.4 Å². The third-order valence-electron chi connectivity index (χ3n) is 4.42. The normalized spacial score (nSPS) is 28.0. The maximum absolute atomic E-state index is 6.24. The number of methoxy groups -OCH3 is 1. The Kier molecular flexibility index (Phi) is 3.81. The molecular formula is C16H20ClNO. The summed E-state index contributed by atoms with van der Waals surface area (Å²) in [5.41, 5.74) is 1.06. The molecule has 1 fully saturated rings. The molecule has 102 valence electrons. The van der Waals surface area contributed by atoms with Crippen molar-refractivity contribution in [2.24, 2.45) is 17.8 Å². The van der Waals surface area contributed by atoms with E-state index >= 15 is 0 Å². The maximum Gasteiger partial charge on any atom is 0.124 e. The molecule has 0 spiro atoms. The molecule has 3 unspecified atom stereocenters. The van der Waals surface area contributed by atoms with Crippen LogP contribution >= 0.6 is 11.6 Å². The van der Waals surface area contributed by atoms with Crippen molar-refractivity contribution < 1.29 is 4.74 Å². The monoisotopic (exact) mass is 277 g/mol. The van der Waals surface area contributed by atoms with Gasteiger partial charge in [0.05, 0.1) is 7.11 Å². The quantitative estimate of drug-likeness (QED) is 0.830. The van der Waals surface area contributed by atoms with E-state index in [1.54, 1.807) is 7.11 Å². The highest BCUT2D eigenvalue weighted by atomic mass is 35.5. The van der Waals surface area contributed by atoms with Gasteiger partial charge in [-0.1, -0.05) is 29.8 Å². The minimum atomic E-state index is 0.777. The molecule has 3 rings (SSSR count). The van der Waals surface area contributed by atoms with E-state index < -0.39 is 0 Å². The summed E-state index contributed by atoms with van der Waals surface area (Å²) < 4.78 is 5.36. The Morgan fingerprint density at radius 1 is 1.32 bits per heavy atom. The average Bonchev–Trinajstić information content (AvgIpc) is 3.03. The van der Waals surface area contributed by atoms with Gasteiger partial charge in [0, 0.05) is 17.1 Å². The van der Waals surface area contributed by atoms with Crippen molar-refractivity contribution in [1.82, 2.24) is 5.32 Å². The molecular weight excluding hydrogens is 258 g/mol. The zero-order valence-corrected chi connectivity index (χ0v) is 12.0. The van der Waals surface area contributed by atoms with Crippen LogP contribution < -0.4 is 10.1 Å². The Hall–Kier alpha value is -0.990. The van der Waals surface area contributed by atoms with Crippen molar-refractivity contribution in [1.29, 1.82) is 0 Å². The molecule has 0 radical (unpaired) electrons. The lowest BCUT2D eigenvalue weighted by Gasteiger charge is -2.19. The highest BCUT2D eigenvalue weighted by Crippen LogP contribution is 2.43. The van der Waals surface area contributed by atoms with E-state index in [1.807, 2.05) is 18.2 Å². The minimum absolute atomic E-state index is 0.777. The first-order valence-electron chi connectivity index (χ1n) is 6.98. The number of fused-ring (bicyclic) bond motifs is 2. The first-order chi connectivity index (χ1) is 9.28. The summed E-state index contributed by atoms with van der Waals surface area (Å²) in [6.45, 7) is 1.85. The lowest BCUT2D eigenvalue weighted by molar-refractivity contribution is 0.396. The lowest BCUT2D eigenvalue weighted by Crippen LogP contribution is -2.25. The summed E-state index contributed by atoms with van der Waals surface area (Å²) in [7, 11) is 1.69. The number of nitrogens with one attached hydrogen (secondary N) is 1. The average molecular weight is 278 g/mol. The molecule has 3 heteroatoms. The van der Waals surface area contributed by atoms with Crippen molar-refractivity contribution in [3.63, 3.8) is 0 Å². The van der Waals surface area contributed by atoms with Crippen LogP contribution in [-0.2, 0) is 6.54 Å². The van der Waals surface area contributed by atoms with Gasteiger partial charge in [-0.15, -0.1) is 0 Å². The van der Waals surface area contributed by atoms with E-state index in [4.69, 9.17) is 16.3 Å². The van der Waals surface area contributed by atoms with Gasteiger partial charge in [-0.3, -0.25) is 0 Å². The molecule has 1 aromatic rings. The summed E-state index contributed by atoms with van der Waals surface area (Å²) in [6.07, 6.45) is 7.49. The number of allylic oxidation sites excluding steroid dienone is 2. The molecule has 1 N–H and O–H groups in total. The molecule has 0 saturated heterocycles. The first kappa shape index (κ1) is 13.0. The summed E-state index contributed by atoms with van der Waals surface area (Å²) in [5.74, 6) is 3.30. The molecule has 0 heterocycles. The summed E-state index contributed by atoms with van der Waals surface area (Å²) in [6, 6.07) is 5.80. The number of ether oxygens (including phenoxy) is 1. The predicted octanol–water partition coefficient (Wildman–Crippen LogP) is 3.65. The van der Waals surface area contributed by atoms with Crippen LogP contribution in [0.15, 0.2) is 30.4 Å². The number of hydrogen-bond acceptors (Lipinski definition) is 2. The number of rotatable bonds is 5. The third-order valence-corrected chi connectivity index (χ3v) is 4.77. The second-order valence-electron chi connectivity index (χ2n) is 5.59. The fourth-order valence-corrected chi connectivity index (χ4v) is 3.65. The minimum Gasteiger partial charge on any atom is -0.496 e. The molecule has 2 aliphatic rings. The van der Waals surface area contributed by atoms with Gasteiger partial charge in [-0.25, -0.2) is 0 Å². The van der Waals surface area contributed by atoms with E-state index in [1.165, 1.54) is 12.8 Å². The van der Waals surface area contributed by atoms with Crippen LogP contribution in [0.25, 0.3) is 0 Å². The summed E-state index contributed by atoms with van der Waals surface area (Å²) in [4.78, 5) is 0. The van der Waals surface area contributed by atoms with E-state index in [2.05, 4.69) is 17.5 Å². The Bertz CT molecular complexity index is 486. The molecule has 3 atom stereocenters. The third kappa shape index (κ3) is 2.65. The van der Waals surface area contributed by atoms with Gasteiger partial charge >= 0.3 is 0 Å².